The molecule has 0 fully saturated rings. The highest BCUT2D eigenvalue weighted by atomic mass is 19.1. The lowest BCUT2D eigenvalue weighted by Crippen LogP contribution is -2.38. The van der Waals surface area contributed by atoms with E-state index in [1.165, 1.54) is 18.2 Å². The number of benzene rings is 1. The van der Waals surface area contributed by atoms with Gasteiger partial charge >= 0.3 is 0 Å². The van der Waals surface area contributed by atoms with Crippen LogP contribution in [-0.2, 0) is 19.9 Å². The standard InChI is InChI=1S/C14H17F2N3O2.CH2O2/c1-8(15)13(20)18-9-3-4-11(16)10(5-9)14(2)7-21-6-12(17)19-14;2-1-3/h3-5,8H,6-7H2,1-2H3,(H2,17,19)(H,18,20);1H,(H,2,3)/t8?,14-;/m0./s1. The number of nitrogens with two attached hydrogens (primary N) is 1. The van der Waals surface area contributed by atoms with E-state index in [-0.39, 0.29) is 31.1 Å². The molecule has 0 bridgehead atoms. The molecule has 1 aromatic rings. The SMILES string of the molecule is CC(F)C(=O)Nc1ccc(F)c([C@]2(C)COCC(N)=N2)c1.O=CO. The van der Waals surface area contributed by atoms with Gasteiger partial charge in [-0.2, -0.15) is 0 Å². The molecular formula is C15H19F2N3O4. The monoisotopic (exact) mass is 343 g/mol. The number of carbonyl (C=O) groups is 2. The molecular weight excluding hydrogens is 324 g/mol. The molecule has 9 heteroatoms. The summed E-state index contributed by atoms with van der Waals surface area (Å²) < 4.78 is 32.3. The first-order chi connectivity index (χ1) is 11.2. The van der Waals surface area contributed by atoms with Crippen molar-refractivity contribution in [1.29, 1.82) is 0 Å². The number of carboxylic acid groups (broad SMARTS) is 1. The van der Waals surface area contributed by atoms with Crippen LogP contribution in [0.3, 0.4) is 0 Å². The fourth-order valence-electron chi connectivity index (χ4n) is 2.13. The van der Waals surface area contributed by atoms with Crippen LogP contribution in [0.15, 0.2) is 23.2 Å². The van der Waals surface area contributed by atoms with Gasteiger partial charge in [0.1, 0.15) is 23.8 Å². The van der Waals surface area contributed by atoms with E-state index in [0.29, 0.717) is 5.69 Å². The first-order valence-corrected chi connectivity index (χ1v) is 6.98. The molecule has 0 radical (unpaired) electrons. The van der Waals surface area contributed by atoms with Gasteiger partial charge in [0.15, 0.2) is 6.17 Å². The van der Waals surface area contributed by atoms with Crippen molar-refractivity contribution in [3.8, 4) is 0 Å². The third-order valence-electron chi connectivity index (χ3n) is 3.20. The molecule has 7 nitrogen and oxygen atoms in total. The Kier molecular flexibility index (Phi) is 6.78. The number of aliphatic imine (C=N–C) groups is 1. The number of hydrogen-bond acceptors (Lipinski definition) is 5. The van der Waals surface area contributed by atoms with Crippen LogP contribution in [0.2, 0.25) is 0 Å². The van der Waals surface area contributed by atoms with Gasteiger partial charge in [-0.1, -0.05) is 0 Å². The van der Waals surface area contributed by atoms with Crippen molar-refractivity contribution in [3.63, 3.8) is 0 Å². The molecule has 0 aromatic heterocycles. The Hall–Kier alpha value is -2.55. The minimum atomic E-state index is -1.65. The number of ether oxygens (including phenoxy) is 1. The largest absolute Gasteiger partial charge is 0.483 e. The van der Waals surface area contributed by atoms with E-state index < -0.39 is 23.4 Å². The number of halogens is 2. The van der Waals surface area contributed by atoms with Crippen molar-refractivity contribution in [2.75, 3.05) is 18.5 Å². The molecule has 0 spiro atoms. The predicted molar refractivity (Wildman–Crippen MR) is 84.1 cm³/mol. The van der Waals surface area contributed by atoms with Crippen LogP contribution in [0.5, 0.6) is 0 Å². The van der Waals surface area contributed by atoms with E-state index in [2.05, 4.69) is 10.3 Å². The van der Waals surface area contributed by atoms with E-state index in [9.17, 15) is 13.6 Å². The van der Waals surface area contributed by atoms with E-state index in [4.69, 9.17) is 20.4 Å². The maximum atomic E-state index is 14.1. The number of rotatable bonds is 3. The minimum Gasteiger partial charge on any atom is -0.483 e. The summed E-state index contributed by atoms with van der Waals surface area (Å²) in [6.07, 6.45) is -1.65. The van der Waals surface area contributed by atoms with Crippen LogP contribution in [0, 0.1) is 5.82 Å². The molecule has 0 saturated carbocycles. The van der Waals surface area contributed by atoms with Crippen LogP contribution in [0.1, 0.15) is 19.4 Å². The highest BCUT2D eigenvalue weighted by molar-refractivity contribution is 5.93. The Morgan fingerprint density at radius 3 is 2.75 bits per heavy atom. The molecule has 0 aliphatic carbocycles. The summed E-state index contributed by atoms with van der Waals surface area (Å²) in [7, 11) is 0. The zero-order valence-electron chi connectivity index (χ0n) is 13.3. The van der Waals surface area contributed by atoms with Crippen molar-refractivity contribution in [3.05, 3.63) is 29.6 Å². The zero-order valence-corrected chi connectivity index (χ0v) is 13.3. The van der Waals surface area contributed by atoms with Crippen molar-refractivity contribution >= 4 is 23.9 Å². The quantitative estimate of drug-likeness (QED) is 0.718. The highest BCUT2D eigenvalue weighted by Crippen LogP contribution is 2.32. The summed E-state index contributed by atoms with van der Waals surface area (Å²) in [6, 6.07) is 3.97. The smallest absolute Gasteiger partial charge is 0.290 e. The number of carbonyl (C=O) groups excluding carboxylic acids is 1. The zero-order chi connectivity index (χ0) is 18.3. The second-order valence-corrected chi connectivity index (χ2v) is 5.28. The normalized spacial score (nSPS) is 20.9. The maximum Gasteiger partial charge on any atom is 0.290 e. The topological polar surface area (TPSA) is 114 Å². The Morgan fingerprint density at radius 1 is 1.58 bits per heavy atom. The molecule has 1 unspecified atom stereocenters. The van der Waals surface area contributed by atoms with E-state index in [1.54, 1.807) is 6.92 Å². The third kappa shape index (κ3) is 4.98. The molecule has 1 aliphatic rings. The lowest BCUT2D eigenvalue weighted by atomic mass is 9.92. The Balaban J connectivity index is 0.000000891. The minimum absolute atomic E-state index is 0.168. The molecule has 132 valence electrons. The molecule has 2 atom stereocenters. The van der Waals surface area contributed by atoms with Crippen molar-refractivity contribution in [2.45, 2.75) is 25.6 Å². The van der Waals surface area contributed by atoms with E-state index in [0.717, 1.165) is 6.92 Å². The van der Waals surface area contributed by atoms with Crippen LogP contribution in [0.25, 0.3) is 0 Å². The van der Waals surface area contributed by atoms with Crippen LogP contribution < -0.4 is 11.1 Å². The maximum absolute atomic E-state index is 14.1. The molecule has 1 amide bonds. The van der Waals surface area contributed by atoms with Gasteiger partial charge in [0.05, 0.1) is 6.61 Å². The molecule has 1 aliphatic heterocycles. The number of alkyl halides is 1. The summed E-state index contributed by atoms with van der Waals surface area (Å²) in [5, 5.41) is 9.26. The Labute approximate surface area is 137 Å². The van der Waals surface area contributed by atoms with Gasteiger partial charge in [-0.05, 0) is 32.0 Å². The average molecular weight is 343 g/mol. The molecule has 1 heterocycles. The summed E-state index contributed by atoms with van der Waals surface area (Å²) in [5.74, 6) is -1.01. The van der Waals surface area contributed by atoms with Crippen LogP contribution in [-0.4, -0.2) is 42.7 Å². The number of nitrogens with one attached hydrogen (secondary N) is 1. The summed E-state index contributed by atoms with van der Waals surface area (Å²) in [4.78, 5) is 24.0. The van der Waals surface area contributed by atoms with Crippen molar-refractivity contribution in [1.82, 2.24) is 0 Å². The number of hydrogen-bond donors (Lipinski definition) is 3. The number of nitrogens with zero attached hydrogens (tertiary/aromatic N) is 1. The lowest BCUT2D eigenvalue weighted by Gasteiger charge is -2.30. The Bertz CT molecular complexity index is 637. The van der Waals surface area contributed by atoms with Gasteiger partial charge in [0.25, 0.3) is 12.4 Å². The lowest BCUT2D eigenvalue weighted by molar-refractivity contribution is -0.123. The van der Waals surface area contributed by atoms with Gasteiger partial charge in [-0.3, -0.25) is 14.6 Å². The number of anilines is 1. The number of amides is 1. The van der Waals surface area contributed by atoms with Crippen molar-refractivity contribution < 1.29 is 28.2 Å². The van der Waals surface area contributed by atoms with E-state index >= 15 is 0 Å². The second kappa shape index (κ2) is 8.34. The van der Waals surface area contributed by atoms with Crippen molar-refractivity contribution in [2.24, 2.45) is 10.7 Å². The second-order valence-electron chi connectivity index (χ2n) is 5.28. The van der Waals surface area contributed by atoms with E-state index in [1.807, 2.05) is 0 Å². The molecule has 0 saturated heterocycles. The van der Waals surface area contributed by atoms with Gasteiger partial charge < -0.3 is 20.9 Å². The van der Waals surface area contributed by atoms with Gasteiger partial charge in [-0.25, -0.2) is 8.78 Å². The average Bonchev–Trinajstić information content (AvgIpc) is 2.49. The van der Waals surface area contributed by atoms with Gasteiger partial charge in [-0.15, -0.1) is 0 Å². The highest BCUT2D eigenvalue weighted by Gasteiger charge is 2.33. The summed E-state index contributed by atoms with van der Waals surface area (Å²) in [5.41, 5.74) is 5.19. The first-order valence-electron chi connectivity index (χ1n) is 6.98. The first kappa shape index (κ1) is 19.5. The fraction of sp³-hybridized carbons (Fsp3) is 0.400. The van der Waals surface area contributed by atoms with Gasteiger partial charge in [0, 0.05) is 11.3 Å². The fourth-order valence-corrected chi connectivity index (χ4v) is 2.13. The third-order valence-corrected chi connectivity index (χ3v) is 3.20. The summed E-state index contributed by atoms with van der Waals surface area (Å²) in [6.45, 7) is 2.93. The molecule has 24 heavy (non-hydrogen) atoms. The molecule has 4 N–H and O–H groups in total. The van der Waals surface area contributed by atoms with Gasteiger partial charge in [0.2, 0.25) is 0 Å². The van der Waals surface area contributed by atoms with Crippen LogP contribution in [0.4, 0.5) is 14.5 Å². The number of amidine groups is 1. The predicted octanol–water partition coefficient (Wildman–Crippen LogP) is 1.43. The summed E-state index contributed by atoms with van der Waals surface area (Å²) >= 11 is 0. The molecule has 2 rings (SSSR count). The molecule has 1 aromatic carbocycles. The Morgan fingerprint density at radius 2 is 2.21 bits per heavy atom. The van der Waals surface area contributed by atoms with Crippen LogP contribution >= 0.6 is 0 Å².